The number of methoxy groups -OCH3 is 1. The van der Waals surface area contributed by atoms with Gasteiger partial charge in [0.15, 0.2) is 0 Å². The van der Waals surface area contributed by atoms with E-state index in [1.807, 2.05) is 19.1 Å². The first-order chi connectivity index (χ1) is 8.69. The Labute approximate surface area is 106 Å². The zero-order chi connectivity index (χ0) is 13.0. The van der Waals surface area contributed by atoms with E-state index < -0.39 is 0 Å². The van der Waals surface area contributed by atoms with Crippen LogP contribution in [-0.4, -0.2) is 12.1 Å². The molecule has 4 heteroatoms. The van der Waals surface area contributed by atoms with Gasteiger partial charge in [0.2, 0.25) is 0 Å². The Morgan fingerprint density at radius 3 is 2.78 bits per heavy atom. The van der Waals surface area contributed by atoms with E-state index in [0.29, 0.717) is 18.0 Å². The van der Waals surface area contributed by atoms with E-state index in [9.17, 15) is 4.39 Å². The van der Waals surface area contributed by atoms with Crippen molar-refractivity contribution in [2.75, 3.05) is 12.4 Å². The summed E-state index contributed by atoms with van der Waals surface area (Å²) in [6.07, 6.45) is 1.79. The van der Waals surface area contributed by atoms with Crippen LogP contribution in [0.15, 0.2) is 36.5 Å². The number of ether oxygens (including phenoxy) is 1. The van der Waals surface area contributed by atoms with Crippen molar-refractivity contribution in [3.63, 3.8) is 0 Å². The Kier molecular flexibility index (Phi) is 3.77. The van der Waals surface area contributed by atoms with Gasteiger partial charge in [-0.15, -0.1) is 0 Å². The van der Waals surface area contributed by atoms with Crippen molar-refractivity contribution in [1.82, 2.24) is 4.98 Å². The quantitative estimate of drug-likeness (QED) is 0.899. The number of aryl methyl sites for hydroxylation is 1. The zero-order valence-electron chi connectivity index (χ0n) is 10.4. The fourth-order valence-corrected chi connectivity index (χ4v) is 1.56. The van der Waals surface area contributed by atoms with Crippen molar-refractivity contribution in [3.8, 4) is 5.75 Å². The predicted octanol–water partition coefficient (Wildman–Crippen LogP) is 3.15. The molecule has 1 heterocycles. The summed E-state index contributed by atoms with van der Waals surface area (Å²) in [6.45, 7) is 2.45. The monoisotopic (exact) mass is 246 g/mol. The summed E-state index contributed by atoms with van der Waals surface area (Å²) in [4.78, 5) is 4.25. The van der Waals surface area contributed by atoms with Crippen molar-refractivity contribution in [2.45, 2.75) is 13.5 Å². The number of halogens is 1. The maximum absolute atomic E-state index is 13.5. The molecule has 0 saturated carbocycles. The third-order valence-electron chi connectivity index (χ3n) is 2.61. The largest absolute Gasteiger partial charge is 0.497 e. The molecule has 0 fully saturated rings. The molecular weight excluding hydrogens is 231 g/mol. The van der Waals surface area contributed by atoms with Gasteiger partial charge < -0.3 is 10.1 Å². The number of nitrogens with zero attached hydrogens (tertiary/aromatic N) is 1. The van der Waals surface area contributed by atoms with Crippen molar-refractivity contribution in [3.05, 3.63) is 53.6 Å². The summed E-state index contributed by atoms with van der Waals surface area (Å²) in [5.74, 6) is 0.318. The van der Waals surface area contributed by atoms with Gasteiger partial charge in [-0.05, 0) is 30.7 Å². The standard InChI is InChI=1S/C14H15FN2O/c1-10-3-4-11(16-8-10)9-17-14-7-12(18-2)5-6-13(14)15/h3-8,17H,9H2,1-2H3. The Balaban J connectivity index is 2.07. The van der Waals surface area contributed by atoms with Crippen LogP contribution in [0.4, 0.5) is 10.1 Å². The first kappa shape index (κ1) is 12.4. The van der Waals surface area contributed by atoms with E-state index in [2.05, 4.69) is 10.3 Å². The topological polar surface area (TPSA) is 34.1 Å². The Hall–Kier alpha value is -2.10. The molecule has 0 radical (unpaired) electrons. The highest BCUT2D eigenvalue weighted by Gasteiger charge is 2.04. The molecule has 0 atom stereocenters. The average Bonchev–Trinajstić information content (AvgIpc) is 2.40. The molecule has 18 heavy (non-hydrogen) atoms. The highest BCUT2D eigenvalue weighted by molar-refractivity contribution is 5.49. The lowest BCUT2D eigenvalue weighted by Crippen LogP contribution is -2.03. The van der Waals surface area contributed by atoms with Gasteiger partial charge in [-0.2, -0.15) is 0 Å². The number of aromatic nitrogens is 1. The van der Waals surface area contributed by atoms with Crippen LogP contribution in [0.5, 0.6) is 5.75 Å². The maximum atomic E-state index is 13.5. The van der Waals surface area contributed by atoms with Gasteiger partial charge in [-0.25, -0.2) is 4.39 Å². The van der Waals surface area contributed by atoms with Crippen molar-refractivity contribution < 1.29 is 9.13 Å². The number of nitrogens with one attached hydrogen (secondary N) is 1. The zero-order valence-corrected chi connectivity index (χ0v) is 10.4. The highest BCUT2D eigenvalue weighted by atomic mass is 19.1. The molecule has 0 aliphatic rings. The van der Waals surface area contributed by atoms with E-state index in [-0.39, 0.29) is 5.82 Å². The number of hydrogen-bond acceptors (Lipinski definition) is 3. The molecule has 2 aromatic rings. The van der Waals surface area contributed by atoms with Crippen LogP contribution < -0.4 is 10.1 Å². The second-order valence-electron chi connectivity index (χ2n) is 4.03. The minimum atomic E-state index is -0.303. The van der Waals surface area contributed by atoms with Gasteiger partial charge in [0.1, 0.15) is 11.6 Å². The van der Waals surface area contributed by atoms with Gasteiger partial charge >= 0.3 is 0 Å². The van der Waals surface area contributed by atoms with Crippen LogP contribution in [0.1, 0.15) is 11.3 Å². The van der Waals surface area contributed by atoms with E-state index in [4.69, 9.17) is 4.74 Å². The number of rotatable bonds is 4. The molecule has 94 valence electrons. The summed E-state index contributed by atoms with van der Waals surface area (Å²) >= 11 is 0. The van der Waals surface area contributed by atoms with E-state index in [1.54, 1.807) is 25.4 Å². The SMILES string of the molecule is COc1ccc(F)c(NCc2ccc(C)cn2)c1. The molecule has 1 aromatic heterocycles. The summed E-state index contributed by atoms with van der Waals surface area (Å²) in [5, 5.41) is 3.01. The lowest BCUT2D eigenvalue weighted by Gasteiger charge is -2.09. The third-order valence-corrected chi connectivity index (χ3v) is 2.61. The third kappa shape index (κ3) is 2.97. The van der Waals surface area contributed by atoms with Crippen molar-refractivity contribution >= 4 is 5.69 Å². The minimum Gasteiger partial charge on any atom is -0.497 e. The second kappa shape index (κ2) is 5.49. The smallest absolute Gasteiger partial charge is 0.146 e. The van der Waals surface area contributed by atoms with Gasteiger partial charge in [0, 0.05) is 12.3 Å². The molecule has 0 unspecified atom stereocenters. The Bertz CT molecular complexity index is 526. The fraction of sp³-hybridized carbons (Fsp3) is 0.214. The van der Waals surface area contributed by atoms with Crippen LogP contribution >= 0.6 is 0 Å². The summed E-state index contributed by atoms with van der Waals surface area (Å²) in [6, 6.07) is 8.49. The fourth-order valence-electron chi connectivity index (χ4n) is 1.56. The van der Waals surface area contributed by atoms with E-state index in [0.717, 1.165) is 11.3 Å². The molecule has 0 bridgehead atoms. The van der Waals surface area contributed by atoms with E-state index >= 15 is 0 Å². The van der Waals surface area contributed by atoms with Crippen LogP contribution in [-0.2, 0) is 6.54 Å². The average molecular weight is 246 g/mol. The van der Waals surface area contributed by atoms with Gasteiger partial charge in [0.05, 0.1) is 25.0 Å². The number of pyridine rings is 1. The molecule has 3 nitrogen and oxygen atoms in total. The minimum absolute atomic E-state index is 0.303. The lowest BCUT2D eigenvalue weighted by molar-refractivity contribution is 0.414. The second-order valence-corrected chi connectivity index (χ2v) is 4.03. The number of benzene rings is 1. The molecule has 0 aliphatic carbocycles. The van der Waals surface area contributed by atoms with Gasteiger partial charge in [-0.1, -0.05) is 6.07 Å². The molecule has 0 amide bonds. The Morgan fingerprint density at radius 1 is 1.28 bits per heavy atom. The molecule has 2 rings (SSSR count). The Morgan fingerprint density at radius 2 is 2.11 bits per heavy atom. The summed E-state index contributed by atoms with van der Waals surface area (Å²) in [5.41, 5.74) is 2.38. The maximum Gasteiger partial charge on any atom is 0.146 e. The first-order valence-electron chi connectivity index (χ1n) is 5.68. The molecule has 1 aromatic carbocycles. The van der Waals surface area contributed by atoms with Gasteiger partial charge in [0.25, 0.3) is 0 Å². The number of anilines is 1. The van der Waals surface area contributed by atoms with E-state index in [1.165, 1.54) is 6.07 Å². The van der Waals surface area contributed by atoms with Crippen LogP contribution in [0.25, 0.3) is 0 Å². The van der Waals surface area contributed by atoms with Crippen molar-refractivity contribution in [1.29, 1.82) is 0 Å². The summed E-state index contributed by atoms with van der Waals surface area (Å²) in [7, 11) is 1.55. The van der Waals surface area contributed by atoms with Crippen LogP contribution in [0.2, 0.25) is 0 Å². The molecule has 0 spiro atoms. The normalized spacial score (nSPS) is 10.2. The first-order valence-corrected chi connectivity index (χ1v) is 5.68. The molecule has 0 saturated heterocycles. The van der Waals surface area contributed by atoms with Crippen LogP contribution in [0.3, 0.4) is 0 Å². The number of hydrogen-bond donors (Lipinski definition) is 1. The lowest BCUT2D eigenvalue weighted by atomic mass is 10.2. The van der Waals surface area contributed by atoms with Crippen LogP contribution in [0, 0.1) is 12.7 Å². The predicted molar refractivity (Wildman–Crippen MR) is 69.3 cm³/mol. The molecular formula is C14H15FN2O. The molecule has 1 N–H and O–H groups in total. The molecule has 0 aliphatic heterocycles. The highest BCUT2D eigenvalue weighted by Crippen LogP contribution is 2.21. The van der Waals surface area contributed by atoms with Gasteiger partial charge in [-0.3, -0.25) is 4.98 Å². The summed E-state index contributed by atoms with van der Waals surface area (Å²) < 4.78 is 18.6. The van der Waals surface area contributed by atoms with Crippen molar-refractivity contribution in [2.24, 2.45) is 0 Å².